The fraction of sp³-hybridized carbons (Fsp3) is 0.214. The Balaban J connectivity index is 2.01. The first-order chi connectivity index (χ1) is 8.66. The zero-order valence-corrected chi connectivity index (χ0v) is 12.4. The lowest BCUT2D eigenvalue weighted by atomic mass is 10.1. The number of pyridine rings is 1. The summed E-state index contributed by atoms with van der Waals surface area (Å²) in [5, 5.41) is 4.22. The van der Waals surface area contributed by atoms with Crippen LogP contribution in [0.3, 0.4) is 0 Å². The predicted octanol–water partition coefficient (Wildman–Crippen LogP) is 4.35. The molecule has 0 aliphatic heterocycles. The van der Waals surface area contributed by atoms with Gasteiger partial charge in [0.1, 0.15) is 0 Å². The van der Waals surface area contributed by atoms with E-state index >= 15 is 0 Å². The SMILES string of the molecule is CC(NCc1cc(Br)ccc1Cl)c1cccnc1. The highest BCUT2D eigenvalue weighted by molar-refractivity contribution is 9.10. The predicted molar refractivity (Wildman–Crippen MR) is 78.6 cm³/mol. The number of rotatable bonds is 4. The minimum Gasteiger partial charge on any atom is -0.306 e. The Morgan fingerprint density at radius 2 is 2.22 bits per heavy atom. The highest BCUT2D eigenvalue weighted by Crippen LogP contribution is 2.21. The molecule has 2 rings (SSSR count). The lowest BCUT2D eigenvalue weighted by molar-refractivity contribution is 0.573. The number of benzene rings is 1. The van der Waals surface area contributed by atoms with Crippen LogP contribution in [0.4, 0.5) is 0 Å². The topological polar surface area (TPSA) is 24.9 Å². The van der Waals surface area contributed by atoms with Gasteiger partial charge in [0.2, 0.25) is 0 Å². The number of halogens is 2. The molecule has 0 bridgehead atoms. The second-order valence-corrected chi connectivity index (χ2v) is 5.45. The van der Waals surface area contributed by atoms with Gasteiger partial charge in [0.25, 0.3) is 0 Å². The van der Waals surface area contributed by atoms with Gasteiger partial charge in [0, 0.05) is 34.5 Å². The van der Waals surface area contributed by atoms with E-state index in [1.165, 1.54) is 5.56 Å². The summed E-state index contributed by atoms with van der Waals surface area (Å²) >= 11 is 9.60. The lowest BCUT2D eigenvalue weighted by Crippen LogP contribution is -2.18. The van der Waals surface area contributed by atoms with Gasteiger partial charge in [-0.3, -0.25) is 4.98 Å². The number of aromatic nitrogens is 1. The maximum atomic E-state index is 6.15. The lowest BCUT2D eigenvalue weighted by Gasteiger charge is -2.14. The summed E-state index contributed by atoms with van der Waals surface area (Å²) in [5.74, 6) is 0. The normalized spacial score (nSPS) is 12.4. The van der Waals surface area contributed by atoms with Crippen LogP contribution in [0.5, 0.6) is 0 Å². The van der Waals surface area contributed by atoms with E-state index in [0.717, 1.165) is 21.6 Å². The Morgan fingerprint density at radius 3 is 2.94 bits per heavy atom. The third-order valence-electron chi connectivity index (χ3n) is 2.79. The van der Waals surface area contributed by atoms with Crippen LogP contribution in [0.25, 0.3) is 0 Å². The molecule has 1 heterocycles. The highest BCUT2D eigenvalue weighted by atomic mass is 79.9. The van der Waals surface area contributed by atoms with Crippen LogP contribution in [0, 0.1) is 0 Å². The summed E-state index contributed by atoms with van der Waals surface area (Å²) in [6.07, 6.45) is 3.65. The molecule has 18 heavy (non-hydrogen) atoms. The van der Waals surface area contributed by atoms with Crippen LogP contribution in [0.1, 0.15) is 24.1 Å². The largest absolute Gasteiger partial charge is 0.306 e. The maximum Gasteiger partial charge on any atom is 0.0451 e. The Hall–Kier alpha value is -0.900. The smallest absolute Gasteiger partial charge is 0.0451 e. The van der Waals surface area contributed by atoms with Gasteiger partial charge in [-0.25, -0.2) is 0 Å². The molecule has 1 aromatic heterocycles. The number of hydrogen-bond acceptors (Lipinski definition) is 2. The standard InChI is InChI=1S/C14H14BrClN2/c1-10(11-3-2-6-17-8-11)18-9-12-7-13(15)4-5-14(12)16/h2-8,10,18H,9H2,1H3. The van der Waals surface area contributed by atoms with Crippen molar-refractivity contribution in [2.45, 2.75) is 19.5 Å². The summed E-state index contributed by atoms with van der Waals surface area (Å²) in [5.41, 5.74) is 2.26. The van der Waals surface area contributed by atoms with Crippen molar-refractivity contribution < 1.29 is 0 Å². The van der Waals surface area contributed by atoms with Crippen molar-refractivity contribution in [2.24, 2.45) is 0 Å². The first-order valence-corrected chi connectivity index (χ1v) is 6.91. The fourth-order valence-corrected chi connectivity index (χ4v) is 2.28. The number of hydrogen-bond donors (Lipinski definition) is 1. The van der Waals surface area contributed by atoms with Gasteiger partial charge in [0.05, 0.1) is 0 Å². The first kappa shape index (κ1) is 13.5. The van der Waals surface area contributed by atoms with Crippen molar-refractivity contribution in [1.29, 1.82) is 0 Å². The van der Waals surface area contributed by atoms with E-state index in [0.29, 0.717) is 0 Å². The first-order valence-electron chi connectivity index (χ1n) is 5.74. The Labute approximate surface area is 121 Å². The molecule has 1 N–H and O–H groups in total. The third kappa shape index (κ3) is 3.55. The van der Waals surface area contributed by atoms with Crippen molar-refractivity contribution in [3.63, 3.8) is 0 Å². The molecular weight excluding hydrogens is 312 g/mol. The van der Waals surface area contributed by atoms with E-state index in [9.17, 15) is 0 Å². The summed E-state index contributed by atoms with van der Waals surface area (Å²) in [6, 6.07) is 10.1. The van der Waals surface area contributed by atoms with Crippen LogP contribution in [-0.2, 0) is 6.54 Å². The maximum absolute atomic E-state index is 6.15. The van der Waals surface area contributed by atoms with E-state index in [-0.39, 0.29) is 6.04 Å². The molecule has 1 unspecified atom stereocenters. The molecule has 0 spiro atoms. The number of nitrogens with zero attached hydrogens (tertiary/aromatic N) is 1. The molecule has 0 radical (unpaired) electrons. The van der Waals surface area contributed by atoms with Crippen LogP contribution in [-0.4, -0.2) is 4.98 Å². The van der Waals surface area contributed by atoms with Gasteiger partial charge < -0.3 is 5.32 Å². The fourth-order valence-electron chi connectivity index (χ4n) is 1.69. The quantitative estimate of drug-likeness (QED) is 0.904. The van der Waals surface area contributed by atoms with Crippen molar-refractivity contribution in [2.75, 3.05) is 0 Å². The minimum atomic E-state index is 0.244. The van der Waals surface area contributed by atoms with E-state index in [1.54, 1.807) is 6.20 Å². The van der Waals surface area contributed by atoms with Gasteiger partial charge in [-0.2, -0.15) is 0 Å². The van der Waals surface area contributed by atoms with Gasteiger partial charge in [-0.15, -0.1) is 0 Å². The zero-order chi connectivity index (χ0) is 13.0. The van der Waals surface area contributed by atoms with Crippen molar-refractivity contribution >= 4 is 27.5 Å². The molecule has 0 amide bonds. The molecule has 0 aliphatic carbocycles. The molecule has 94 valence electrons. The van der Waals surface area contributed by atoms with E-state index in [4.69, 9.17) is 11.6 Å². The van der Waals surface area contributed by atoms with Crippen molar-refractivity contribution in [3.8, 4) is 0 Å². The van der Waals surface area contributed by atoms with Crippen LogP contribution in [0.15, 0.2) is 47.2 Å². The van der Waals surface area contributed by atoms with Crippen molar-refractivity contribution in [1.82, 2.24) is 10.3 Å². The van der Waals surface area contributed by atoms with Crippen LogP contribution in [0.2, 0.25) is 5.02 Å². The Kier molecular flexibility index (Phi) is 4.75. The molecule has 4 heteroatoms. The van der Waals surface area contributed by atoms with Gasteiger partial charge in [-0.05, 0) is 42.3 Å². The zero-order valence-electron chi connectivity index (χ0n) is 10.0. The minimum absolute atomic E-state index is 0.244. The molecule has 0 aliphatic rings. The van der Waals surface area contributed by atoms with E-state index in [2.05, 4.69) is 39.2 Å². The third-order valence-corrected chi connectivity index (χ3v) is 3.65. The molecular formula is C14H14BrClN2. The molecule has 1 atom stereocenters. The molecule has 2 nitrogen and oxygen atoms in total. The van der Waals surface area contributed by atoms with Crippen LogP contribution >= 0.6 is 27.5 Å². The number of nitrogens with one attached hydrogen (secondary N) is 1. The monoisotopic (exact) mass is 324 g/mol. The van der Waals surface area contributed by atoms with Crippen molar-refractivity contribution in [3.05, 3.63) is 63.3 Å². The molecule has 1 aromatic carbocycles. The Morgan fingerprint density at radius 1 is 1.39 bits per heavy atom. The molecule has 0 fully saturated rings. The summed E-state index contributed by atoms with van der Waals surface area (Å²) in [6.45, 7) is 2.84. The summed E-state index contributed by atoms with van der Waals surface area (Å²) < 4.78 is 1.04. The summed E-state index contributed by atoms with van der Waals surface area (Å²) in [7, 11) is 0. The van der Waals surface area contributed by atoms with E-state index in [1.807, 2.05) is 30.5 Å². The molecule has 2 aromatic rings. The van der Waals surface area contributed by atoms with Crippen LogP contribution < -0.4 is 5.32 Å². The summed E-state index contributed by atoms with van der Waals surface area (Å²) in [4.78, 5) is 4.12. The second kappa shape index (κ2) is 6.32. The Bertz CT molecular complexity index is 516. The molecule has 0 saturated carbocycles. The van der Waals surface area contributed by atoms with Gasteiger partial charge in [0.15, 0.2) is 0 Å². The second-order valence-electron chi connectivity index (χ2n) is 4.12. The molecule has 0 saturated heterocycles. The van der Waals surface area contributed by atoms with Gasteiger partial charge >= 0.3 is 0 Å². The average molecular weight is 326 g/mol. The van der Waals surface area contributed by atoms with E-state index < -0.39 is 0 Å². The van der Waals surface area contributed by atoms with Gasteiger partial charge in [-0.1, -0.05) is 33.6 Å². The highest BCUT2D eigenvalue weighted by Gasteiger charge is 2.06. The average Bonchev–Trinajstić information content (AvgIpc) is 2.40.